The van der Waals surface area contributed by atoms with Gasteiger partial charge in [0.25, 0.3) is 0 Å². The molecule has 0 aliphatic heterocycles. The number of aryl methyl sites for hydroxylation is 1. The minimum Gasteiger partial charge on any atom is -0.341 e. The first kappa shape index (κ1) is 25.4. The van der Waals surface area contributed by atoms with E-state index in [4.69, 9.17) is 9.97 Å². The summed E-state index contributed by atoms with van der Waals surface area (Å²) in [5, 5.41) is 0. The van der Waals surface area contributed by atoms with Gasteiger partial charge in [-0.25, -0.2) is 18.1 Å². The number of nitrogens with one attached hydrogen (secondary N) is 2. The van der Waals surface area contributed by atoms with Gasteiger partial charge in [0, 0.05) is 19.3 Å². The summed E-state index contributed by atoms with van der Waals surface area (Å²) >= 11 is 0. The number of pyridine rings is 1. The van der Waals surface area contributed by atoms with E-state index < -0.39 is 10.0 Å². The molecular formula is C31H31N5O2S. The Morgan fingerprint density at radius 2 is 1.72 bits per heavy atom. The topological polar surface area (TPSA) is 91.0 Å². The number of sulfonamides is 1. The summed E-state index contributed by atoms with van der Waals surface area (Å²) in [6.45, 7) is 1.41. The minimum atomic E-state index is -3.67. The quantitative estimate of drug-likeness (QED) is 0.259. The maximum absolute atomic E-state index is 13.1. The summed E-state index contributed by atoms with van der Waals surface area (Å²) in [4.78, 5) is 15.7. The van der Waals surface area contributed by atoms with Crippen LogP contribution in [-0.2, 0) is 36.1 Å². The maximum Gasteiger partial charge on any atom is 0.240 e. The zero-order chi connectivity index (χ0) is 26.7. The second-order valence-electron chi connectivity index (χ2n) is 10.0. The highest BCUT2D eigenvalue weighted by molar-refractivity contribution is 7.89. The zero-order valence-corrected chi connectivity index (χ0v) is 22.4. The number of nitrogens with zero attached hydrogens (tertiary/aromatic N) is 3. The number of benzene rings is 3. The Balaban J connectivity index is 1.28. The van der Waals surface area contributed by atoms with Crippen molar-refractivity contribution in [1.29, 1.82) is 0 Å². The number of hydrogen-bond donors (Lipinski definition) is 2. The molecule has 2 heterocycles. The van der Waals surface area contributed by atoms with Crippen LogP contribution < -0.4 is 4.72 Å². The Morgan fingerprint density at radius 3 is 2.59 bits per heavy atom. The molecule has 0 fully saturated rings. The van der Waals surface area contributed by atoms with Crippen LogP contribution in [0.25, 0.3) is 11.0 Å². The van der Waals surface area contributed by atoms with Gasteiger partial charge in [-0.05, 0) is 66.3 Å². The van der Waals surface area contributed by atoms with Gasteiger partial charge in [-0.1, -0.05) is 60.7 Å². The minimum absolute atomic E-state index is 0.111. The average molecular weight is 538 g/mol. The van der Waals surface area contributed by atoms with E-state index in [1.807, 2.05) is 79.0 Å². The van der Waals surface area contributed by atoms with Crippen molar-refractivity contribution >= 4 is 21.1 Å². The Bertz CT molecular complexity index is 1650. The fraction of sp³-hybridized carbons (Fsp3) is 0.226. The number of fused-ring (bicyclic) bond motifs is 2. The highest BCUT2D eigenvalue weighted by Crippen LogP contribution is 2.35. The number of para-hydroxylation sites is 2. The first-order chi connectivity index (χ1) is 19.0. The van der Waals surface area contributed by atoms with Crippen LogP contribution in [-0.4, -0.2) is 28.3 Å². The summed E-state index contributed by atoms with van der Waals surface area (Å²) in [5.74, 6) is 0.882. The van der Waals surface area contributed by atoms with Crippen molar-refractivity contribution in [2.45, 2.75) is 49.8 Å². The molecule has 6 rings (SSSR count). The van der Waals surface area contributed by atoms with Crippen molar-refractivity contribution in [3.05, 3.63) is 125 Å². The van der Waals surface area contributed by atoms with E-state index in [1.165, 1.54) is 5.56 Å². The number of aromatic amines is 1. The molecule has 0 radical (unpaired) electrons. The van der Waals surface area contributed by atoms with E-state index in [0.29, 0.717) is 13.1 Å². The second kappa shape index (κ2) is 11.1. The van der Waals surface area contributed by atoms with Crippen molar-refractivity contribution in [2.24, 2.45) is 0 Å². The number of rotatable bonds is 9. The number of hydrogen-bond acceptors (Lipinski definition) is 5. The fourth-order valence-corrected chi connectivity index (χ4v) is 6.48. The molecule has 3 aromatic carbocycles. The van der Waals surface area contributed by atoms with Gasteiger partial charge in [-0.2, -0.15) is 0 Å². The Kier molecular flexibility index (Phi) is 7.24. The van der Waals surface area contributed by atoms with E-state index in [0.717, 1.165) is 52.9 Å². The standard InChI is InChI=1S/C31H31N5O2S/c37-39(38,33-20-23-9-2-1-3-10-23)26-14-6-11-24(19-26)21-36(22-30-34-27-15-4-5-16-28(27)35-30)29-17-7-12-25-13-8-18-32-31(25)29/h1-6,8-11,13-16,18-19,29,33H,7,12,17,20-22H2,(H,34,35). The number of aromatic nitrogens is 3. The number of imidazole rings is 1. The molecule has 2 aromatic heterocycles. The molecule has 198 valence electrons. The van der Waals surface area contributed by atoms with Gasteiger partial charge in [-0.15, -0.1) is 0 Å². The first-order valence-corrected chi connectivity index (χ1v) is 14.8. The average Bonchev–Trinajstić information content (AvgIpc) is 3.39. The van der Waals surface area contributed by atoms with Crippen LogP contribution in [0.4, 0.5) is 0 Å². The third-order valence-electron chi connectivity index (χ3n) is 7.30. The van der Waals surface area contributed by atoms with E-state index in [1.54, 1.807) is 12.1 Å². The Hall–Kier alpha value is -3.85. The lowest BCUT2D eigenvalue weighted by Crippen LogP contribution is -2.32. The highest BCUT2D eigenvalue weighted by Gasteiger charge is 2.28. The molecule has 2 N–H and O–H groups in total. The molecule has 0 saturated heterocycles. The van der Waals surface area contributed by atoms with Crippen LogP contribution >= 0.6 is 0 Å². The highest BCUT2D eigenvalue weighted by atomic mass is 32.2. The molecule has 39 heavy (non-hydrogen) atoms. The summed E-state index contributed by atoms with van der Waals surface area (Å²) in [5.41, 5.74) is 6.17. The Morgan fingerprint density at radius 1 is 0.897 bits per heavy atom. The maximum atomic E-state index is 13.1. The molecule has 8 heteroatoms. The molecule has 0 saturated carbocycles. The normalized spacial score (nSPS) is 15.5. The number of H-pyrrole nitrogens is 1. The Labute approximate surface area is 229 Å². The molecular weight excluding hydrogens is 506 g/mol. The van der Waals surface area contributed by atoms with Gasteiger partial charge in [-0.3, -0.25) is 9.88 Å². The third kappa shape index (κ3) is 5.78. The van der Waals surface area contributed by atoms with Crippen LogP contribution in [0.5, 0.6) is 0 Å². The molecule has 1 aliphatic rings. The van der Waals surface area contributed by atoms with Gasteiger partial charge < -0.3 is 4.98 Å². The first-order valence-electron chi connectivity index (χ1n) is 13.3. The van der Waals surface area contributed by atoms with Crippen LogP contribution in [0.2, 0.25) is 0 Å². The summed E-state index contributed by atoms with van der Waals surface area (Å²) in [6.07, 6.45) is 4.96. The van der Waals surface area contributed by atoms with E-state index in [-0.39, 0.29) is 17.5 Å². The van der Waals surface area contributed by atoms with Gasteiger partial charge >= 0.3 is 0 Å². The summed E-state index contributed by atoms with van der Waals surface area (Å²) in [7, 11) is -3.67. The lowest BCUT2D eigenvalue weighted by Gasteiger charge is -2.34. The predicted octanol–water partition coefficient (Wildman–Crippen LogP) is 5.52. The molecule has 0 spiro atoms. The van der Waals surface area contributed by atoms with Gasteiger partial charge in [0.05, 0.1) is 34.2 Å². The third-order valence-corrected chi connectivity index (χ3v) is 8.70. The van der Waals surface area contributed by atoms with Gasteiger partial charge in [0.2, 0.25) is 10.0 Å². The zero-order valence-electron chi connectivity index (χ0n) is 21.6. The summed E-state index contributed by atoms with van der Waals surface area (Å²) in [6, 6.07) is 29.1. The van der Waals surface area contributed by atoms with Crippen LogP contribution in [0.3, 0.4) is 0 Å². The molecule has 1 unspecified atom stereocenters. The van der Waals surface area contributed by atoms with Crippen LogP contribution in [0, 0.1) is 0 Å². The molecule has 5 aromatic rings. The SMILES string of the molecule is O=S(=O)(NCc1ccccc1)c1cccc(CN(Cc2nc3ccccc3[nH]2)C2CCCc3cccnc32)c1. The fourth-order valence-electron chi connectivity index (χ4n) is 5.39. The van der Waals surface area contributed by atoms with E-state index in [9.17, 15) is 8.42 Å². The molecule has 0 amide bonds. The van der Waals surface area contributed by atoms with Crippen molar-refractivity contribution in [1.82, 2.24) is 24.6 Å². The molecule has 1 aliphatic carbocycles. The van der Waals surface area contributed by atoms with Crippen molar-refractivity contribution in [2.75, 3.05) is 0 Å². The van der Waals surface area contributed by atoms with Gasteiger partial charge in [0.1, 0.15) is 5.82 Å². The molecule has 7 nitrogen and oxygen atoms in total. The predicted molar refractivity (Wildman–Crippen MR) is 152 cm³/mol. The largest absolute Gasteiger partial charge is 0.341 e. The van der Waals surface area contributed by atoms with Crippen molar-refractivity contribution in [3.63, 3.8) is 0 Å². The monoisotopic (exact) mass is 537 g/mol. The second-order valence-corrected chi connectivity index (χ2v) is 11.8. The van der Waals surface area contributed by atoms with Gasteiger partial charge in [0.15, 0.2) is 0 Å². The summed E-state index contributed by atoms with van der Waals surface area (Å²) < 4.78 is 29.0. The van der Waals surface area contributed by atoms with E-state index >= 15 is 0 Å². The lowest BCUT2D eigenvalue weighted by atomic mass is 9.90. The van der Waals surface area contributed by atoms with Crippen LogP contribution in [0.15, 0.2) is 102 Å². The molecule has 0 bridgehead atoms. The lowest BCUT2D eigenvalue weighted by molar-refractivity contribution is 0.153. The van der Waals surface area contributed by atoms with Crippen molar-refractivity contribution in [3.8, 4) is 0 Å². The van der Waals surface area contributed by atoms with Crippen molar-refractivity contribution < 1.29 is 8.42 Å². The van der Waals surface area contributed by atoms with E-state index in [2.05, 4.69) is 20.7 Å². The van der Waals surface area contributed by atoms with Crippen LogP contribution in [0.1, 0.15) is 47.1 Å². The molecule has 1 atom stereocenters. The smallest absolute Gasteiger partial charge is 0.240 e.